The zero-order valence-corrected chi connectivity index (χ0v) is 16.3. The summed E-state index contributed by atoms with van der Waals surface area (Å²) in [7, 11) is 0. The Morgan fingerprint density at radius 3 is 2.69 bits per heavy atom. The third-order valence-corrected chi connectivity index (χ3v) is 4.91. The van der Waals surface area contributed by atoms with Crippen LogP contribution in [0.3, 0.4) is 0 Å². The summed E-state index contributed by atoms with van der Waals surface area (Å²) in [5.74, 6) is -0.124. The van der Waals surface area contributed by atoms with Gasteiger partial charge in [-0.3, -0.25) is 19.7 Å². The largest absolute Gasteiger partial charge is 0.379 e. The van der Waals surface area contributed by atoms with Crippen LogP contribution in [0.4, 0.5) is 0 Å². The maximum absolute atomic E-state index is 12.5. The van der Waals surface area contributed by atoms with Gasteiger partial charge in [-0.2, -0.15) is 0 Å². The Morgan fingerprint density at radius 1 is 1.03 bits per heavy atom. The fourth-order valence-electron chi connectivity index (χ4n) is 3.30. The molecule has 1 fully saturated rings. The van der Waals surface area contributed by atoms with Crippen molar-refractivity contribution in [1.29, 1.82) is 0 Å². The summed E-state index contributed by atoms with van der Waals surface area (Å²) >= 11 is 0. The van der Waals surface area contributed by atoms with Crippen LogP contribution in [0.5, 0.6) is 0 Å². The lowest BCUT2D eigenvalue weighted by Crippen LogP contribution is -2.35. The van der Waals surface area contributed by atoms with Crippen molar-refractivity contribution in [2.24, 2.45) is 0 Å². The second-order valence-corrected chi connectivity index (χ2v) is 7.02. The number of nitrogens with zero attached hydrogens (tertiary/aromatic N) is 3. The molecule has 6 heteroatoms. The van der Waals surface area contributed by atoms with Crippen LogP contribution in [0.2, 0.25) is 0 Å². The maximum Gasteiger partial charge on any atom is 0.251 e. The van der Waals surface area contributed by atoms with E-state index in [0.717, 1.165) is 49.8 Å². The minimum Gasteiger partial charge on any atom is -0.379 e. The second kappa shape index (κ2) is 9.41. The van der Waals surface area contributed by atoms with Crippen LogP contribution in [-0.4, -0.2) is 47.1 Å². The molecule has 1 aromatic carbocycles. The lowest BCUT2D eigenvalue weighted by molar-refractivity contribution is 0.0341. The van der Waals surface area contributed by atoms with Crippen LogP contribution >= 0.6 is 0 Å². The number of amides is 1. The van der Waals surface area contributed by atoms with Gasteiger partial charge in [-0.15, -0.1) is 0 Å². The van der Waals surface area contributed by atoms with Crippen molar-refractivity contribution in [1.82, 2.24) is 20.2 Å². The van der Waals surface area contributed by atoms with Crippen LogP contribution in [0.1, 0.15) is 21.6 Å². The molecule has 0 atom stereocenters. The summed E-state index contributed by atoms with van der Waals surface area (Å²) in [4.78, 5) is 23.7. The summed E-state index contributed by atoms with van der Waals surface area (Å²) in [5.41, 5.74) is 4.40. The molecule has 6 nitrogen and oxygen atoms in total. The van der Waals surface area contributed by atoms with Crippen molar-refractivity contribution in [3.8, 4) is 11.3 Å². The fourth-order valence-corrected chi connectivity index (χ4v) is 3.30. The van der Waals surface area contributed by atoms with Gasteiger partial charge in [0.1, 0.15) is 0 Å². The number of morpholine rings is 1. The van der Waals surface area contributed by atoms with Gasteiger partial charge in [-0.1, -0.05) is 24.3 Å². The van der Waals surface area contributed by atoms with E-state index in [0.29, 0.717) is 12.1 Å². The fraction of sp³-hybridized carbons (Fsp3) is 0.261. The average Bonchev–Trinajstić information content (AvgIpc) is 2.79. The minimum atomic E-state index is -0.124. The maximum atomic E-state index is 12.5. The zero-order chi connectivity index (χ0) is 19.9. The molecule has 1 saturated heterocycles. The van der Waals surface area contributed by atoms with E-state index < -0.39 is 0 Å². The Hall–Kier alpha value is -3.09. The first-order valence-electron chi connectivity index (χ1n) is 9.81. The van der Waals surface area contributed by atoms with Gasteiger partial charge in [0.2, 0.25) is 0 Å². The van der Waals surface area contributed by atoms with Crippen LogP contribution in [0.15, 0.2) is 67.0 Å². The van der Waals surface area contributed by atoms with Crippen molar-refractivity contribution in [3.05, 3.63) is 83.8 Å². The summed E-state index contributed by atoms with van der Waals surface area (Å²) in [6.07, 6.45) is 3.63. The third-order valence-electron chi connectivity index (χ3n) is 4.91. The molecule has 0 bridgehead atoms. The lowest BCUT2D eigenvalue weighted by Gasteiger charge is -2.26. The first kappa shape index (κ1) is 19.2. The van der Waals surface area contributed by atoms with Crippen molar-refractivity contribution in [2.45, 2.75) is 13.1 Å². The first-order valence-corrected chi connectivity index (χ1v) is 9.81. The molecule has 1 amide bonds. The highest BCUT2D eigenvalue weighted by molar-refractivity contribution is 5.95. The summed E-state index contributed by atoms with van der Waals surface area (Å²) in [6, 6.07) is 17.3. The highest BCUT2D eigenvalue weighted by Gasteiger charge is 2.12. The average molecular weight is 388 g/mol. The first-order chi connectivity index (χ1) is 14.3. The number of benzene rings is 1. The Balaban J connectivity index is 1.40. The van der Waals surface area contributed by atoms with E-state index in [1.165, 1.54) is 5.56 Å². The molecule has 0 spiro atoms. The summed E-state index contributed by atoms with van der Waals surface area (Å²) in [5, 5.41) is 2.91. The van der Waals surface area contributed by atoms with E-state index in [9.17, 15) is 4.79 Å². The molecule has 148 valence electrons. The van der Waals surface area contributed by atoms with Crippen molar-refractivity contribution >= 4 is 5.91 Å². The molecule has 1 N–H and O–H groups in total. The summed E-state index contributed by atoms with van der Waals surface area (Å²) in [6.45, 7) is 4.78. The van der Waals surface area contributed by atoms with E-state index in [1.54, 1.807) is 6.20 Å². The van der Waals surface area contributed by atoms with Crippen LogP contribution in [0.25, 0.3) is 11.3 Å². The van der Waals surface area contributed by atoms with Gasteiger partial charge in [0.05, 0.1) is 31.1 Å². The molecule has 0 radical (unpaired) electrons. The van der Waals surface area contributed by atoms with Gasteiger partial charge in [-0.05, 0) is 35.9 Å². The molecular formula is C23H24N4O2. The number of ether oxygens (including phenoxy) is 1. The smallest absolute Gasteiger partial charge is 0.251 e. The van der Waals surface area contributed by atoms with E-state index in [1.807, 2.05) is 54.7 Å². The quantitative estimate of drug-likeness (QED) is 0.703. The van der Waals surface area contributed by atoms with E-state index in [4.69, 9.17) is 4.74 Å². The van der Waals surface area contributed by atoms with Crippen LogP contribution in [0, 0.1) is 0 Å². The molecule has 0 saturated carbocycles. The highest BCUT2D eigenvalue weighted by atomic mass is 16.5. The predicted molar refractivity (Wildman–Crippen MR) is 111 cm³/mol. The van der Waals surface area contributed by atoms with E-state index in [2.05, 4.69) is 26.3 Å². The van der Waals surface area contributed by atoms with Gasteiger partial charge < -0.3 is 10.1 Å². The van der Waals surface area contributed by atoms with Gasteiger partial charge in [0.25, 0.3) is 5.91 Å². The van der Waals surface area contributed by atoms with Crippen molar-refractivity contribution in [2.75, 3.05) is 26.3 Å². The van der Waals surface area contributed by atoms with E-state index >= 15 is 0 Å². The Labute approximate surface area is 170 Å². The van der Waals surface area contributed by atoms with Crippen LogP contribution in [-0.2, 0) is 17.8 Å². The number of hydrogen-bond acceptors (Lipinski definition) is 5. The van der Waals surface area contributed by atoms with Gasteiger partial charge >= 0.3 is 0 Å². The van der Waals surface area contributed by atoms with Gasteiger partial charge in [0, 0.05) is 43.2 Å². The topological polar surface area (TPSA) is 67.4 Å². The highest BCUT2D eigenvalue weighted by Crippen LogP contribution is 2.19. The molecule has 4 rings (SSSR count). The second-order valence-electron chi connectivity index (χ2n) is 7.02. The van der Waals surface area contributed by atoms with Crippen molar-refractivity contribution in [3.63, 3.8) is 0 Å². The molecule has 1 aliphatic rings. The Morgan fingerprint density at radius 2 is 1.93 bits per heavy atom. The number of rotatable bonds is 6. The van der Waals surface area contributed by atoms with Gasteiger partial charge in [0.15, 0.2) is 0 Å². The molecule has 1 aliphatic heterocycles. The monoisotopic (exact) mass is 388 g/mol. The molecule has 3 aromatic rings. The number of hydrogen-bond donors (Lipinski definition) is 1. The van der Waals surface area contributed by atoms with Crippen LogP contribution < -0.4 is 5.32 Å². The number of carbonyl (C=O) groups is 1. The standard InChI is InChI=1S/C23H24N4O2/c28-23(26-16-21-6-1-2-9-24-21)20-5-3-4-19(14-20)22-8-7-18(15-25-22)17-27-10-12-29-13-11-27/h1-9,14-15H,10-13,16-17H2,(H,26,28). The molecule has 0 aliphatic carbocycles. The Kier molecular flexibility index (Phi) is 6.24. The van der Waals surface area contributed by atoms with Crippen molar-refractivity contribution < 1.29 is 9.53 Å². The summed E-state index contributed by atoms with van der Waals surface area (Å²) < 4.78 is 5.39. The number of nitrogens with one attached hydrogen (secondary N) is 1. The third kappa shape index (κ3) is 5.25. The Bertz CT molecular complexity index is 939. The molecular weight excluding hydrogens is 364 g/mol. The van der Waals surface area contributed by atoms with E-state index in [-0.39, 0.29) is 5.91 Å². The lowest BCUT2D eigenvalue weighted by atomic mass is 10.1. The molecule has 2 aromatic heterocycles. The number of pyridine rings is 2. The SMILES string of the molecule is O=C(NCc1ccccn1)c1cccc(-c2ccc(CN3CCOCC3)cn2)c1. The zero-order valence-electron chi connectivity index (χ0n) is 16.3. The number of aromatic nitrogens is 2. The number of carbonyl (C=O) groups excluding carboxylic acids is 1. The normalized spacial score (nSPS) is 14.5. The minimum absolute atomic E-state index is 0.124. The predicted octanol–water partition coefficient (Wildman–Crippen LogP) is 2.91. The molecule has 3 heterocycles. The molecule has 29 heavy (non-hydrogen) atoms. The van der Waals surface area contributed by atoms with Gasteiger partial charge in [-0.25, -0.2) is 0 Å². The molecule has 0 unspecified atom stereocenters.